The van der Waals surface area contributed by atoms with Crippen molar-refractivity contribution < 1.29 is 0 Å². The quantitative estimate of drug-likeness (QED) is 0.417. The number of hydrogen-bond donors (Lipinski definition) is 5. The Kier molecular flexibility index (Phi) is 6.11. The molecule has 6 unspecified atom stereocenters. The SMILES string of the molecule is C1CC2CC2N1.C1CC2CC2N1.C1NC2CC1C2.C1NC2CC1C2.C1NCC2CC12. The Morgan fingerprint density at radius 1 is 0.433 bits per heavy atom. The third-order valence-electron chi connectivity index (χ3n) is 9.43. The smallest absolute Gasteiger partial charge is 0.00996 e. The normalized spacial score (nSPS) is 52.0. The molecule has 5 nitrogen and oxygen atoms in total. The molecule has 12 rings (SSSR count). The van der Waals surface area contributed by atoms with Gasteiger partial charge in [-0.3, -0.25) is 0 Å². The molecule has 5 heteroatoms. The van der Waals surface area contributed by atoms with Gasteiger partial charge in [-0.1, -0.05) is 0 Å². The molecule has 0 spiro atoms. The highest BCUT2D eigenvalue weighted by Gasteiger charge is 2.41. The summed E-state index contributed by atoms with van der Waals surface area (Å²) in [6, 6.07) is 3.81. The van der Waals surface area contributed by atoms with Crippen molar-refractivity contribution in [2.75, 3.05) is 39.3 Å². The molecular formula is C25H45N5. The minimum atomic E-state index is 0.940. The lowest BCUT2D eigenvalue weighted by Crippen LogP contribution is -2.23. The van der Waals surface area contributed by atoms with Crippen molar-refractivity contribution in [1.82, 2.24) is 26.6 Å². The minimum Gasteiger partial charge on any atom is -0.316 e. The van der Waals surface area contributed by atoms with E-state index in [1.54, 1.807) is 0 Å². The van der Waals surface area contributed by atoms with Crippen LogP contribution in [0.1, 0.15) is 57.8 Å². The summed E-state index contributed by atoms with van der Waals surface area (Å²) in [5.74, 6) is 6.56. The van der Waals surface area contributed by atoms with Gasteiger partial charge in [-0.25, -0.2) is 0 Å². The van der Waals surface area contributed by atoms with Crippen LogP contribution in [0.2, 0.25) is 0 Å². The molecule has 5 aliphatic carbocycles. The van der Waals surface area contributed by atoms with Gasteiger partial charge in [-0.2, -0.15) is 0 Å². The van der Waals surface area contributed by atoms with Crippen molar-refractivity contribution in [3.05, 3.63) is 0 Å². The highest BCUT2D eigenvalue weighted by molar-refractivity contribution is 4.99. The van der Waals surface area contributed by atoms with Gasteiger partial charge in [0.15, 0.2) is 0 Å². The maximum absolute atomic E-state index is 3.39. The third kappa shape index (κ3) is 5.23. The van der Waals surface area contributed by atoms with Gasteiger partial charge in [-0.15, -0.1) is 0 Å². The molecule has 0 amide bonds. The van der Waals surface area contributed by atoms with Crippen LogP contribution in [0.25, 0.3) is 0 Å². The largest absolute Gasteiger partial charge is 0.316 e. The van der Waals surface area contributed by atoms with E-state index in [1.807, 2.05) is 0 Å². The molecule has 4 bridgehead atoms. The Balaban J connectivity index is 0.0000000729. The first-order valence-corrected chi connectivity index (χ1v) is 13.4. The van der Waals surface area contributed by atoms with Gasteiger partial charge in [0.05, 0.1) is 0 Å². The molecule has 0 aromatic carbocycles. The van der Waals surface area contributed by atoms with Gasteiger partial charge in [0.1, 0.15) is 0 Å². The lowest BCUT2D eigenvalue weighted by molar-refractivity contribution is 0.372. The average molecular weight is 416 g/mol. The Labute approximate surface area is 183 Å². The number of fused-ring (bicyclic) bond motifs is 5. The van der Waals surface area contributed by atoms with Gasteiger partial charge >= 0.3 is 0 Å². The first kappa shape index (κ1) is 20.4. The van der Waals surface area contributed by atoms with Crippen molar-refractivity contribution in [2.45, 2.75) is 82.0 Å². The van der Waals surface area contributed by atoms with Gasteiger partial charge < -0.3 is 26.6 Å². The van der Waals surface area contributed by atoms with Crippen LogP contribution >= 0.6 is 0 Å². The summed E-state index contributed by atoms with van der Waals surface area (Å²) in [5, 5.41) is 16.9. The molecule has 30 heavy (non-hydrogen) atoms. The molecular weight excluding hydrogens is 370 g/mol. The summed E-state index contributed by atoms with van der Waals surface area (Å²) in [6.45, 7) is 7.81. The third-order valence-corrected chi connectivity index (χ3v) is 9.43. The fourth-order valence-corrected chi connectivity index (χ4v) is 6.61. The summed E-state index contributed by atoms with van der Waals surface area (Å²) >= 11 is 0. The molecule has 0 aromatic rings. The van der Waals surface area contributed by atoms with E-state index in [1.165, 1.54) is 97.1 Å². The molecule has 7 heterocycles. The Bertz CT molecular complexity index is 453. The van der Waals surface area contributed by atoms with E-state index in [0.29, 0.717) is 0 Å². The molecule has 0 aromatic heterocycles. The number of rotatable bonds is 0. The fourth-order valence-electron chi connectivity index (χ4n) is 6.61. The Morgan fingerprint density at radius 3 is 1.03 bits per heavy atom. The summed E-state index contributed by atoms with van der Waals surface area (Å²) in [7, 11) is 0. The monoisotopic (exact) mass is 415 g/mol. The Hall–Kier alpha value is -0.200. The topological polar surface area (TPSA) is 60.1 Å². The van der Waals surface area contributed by atoms with Crippen LogP contribution in [-0.4, -0.2) is 63.4 Å². The zero-order valence-corrected chi connectivity index (χ0v) is 18.9. The predicted octanol–water partition coefficient (Wildman–Crippen LogP) is 1.70. The molecule has 170 valence electrons. The van der Waals surface area contributed by atoms with Crippen molar-refractivity contribution in [3.8, 4) is 0 Å². The number of hydrogen-bond acceptors (Lipinski definition) is 5. The average Bonchev–Trinajstić information content (AvgIpc) is 3.41. The van der Waals surface area contributed by atoms with Crippen molar-refractivity contribution in [1.29, 1.82) is 0 Å². The van der Waals surface area contributed by atoms with E-state index in [4.69, 9.17) is 0 Å². The van der Waals surface area contributed by atoms with Crippen LogP contribution in [0.4, 0.5) is 0 Å². The van der Waals surface area contributed by atoms with E-state index >= 15 is 0 Å². The maximum Gasteiger partial charge on any atom is 0.00996 e. The first-order chi connectivity index (χ1) is 14.8. The summed E-state index contributed by atoms with van der Waals surface area (Å²) < 4.78 is 0. The van der Waals surface area contributed by atoms with E-state index < -0.39 is 0 Å². The van der Waals surface area contributed by atoms with E-state index in [0.717, 1.165) is 59.7 Å². The molecule has 5 N–H and O–H groups in total. The predicted molar refractivity (Wildman–Crippen MR) is 123 cm³/mol. The second kappa shape index (κ2) is 8.97. The van der Waals surface area contributed by atoms with Crippen molar-refractivity contribution in [2.24, 2.45) is 35.5 Å². The number of nitrogens with one attached hydrogen (secondary N) is 5. The Morgan fingerprint density at radius 2 is 0.933 bits per heavy atom. The molecule has 0 radical (unpaired) electrons. The molecule has 6 atom stereocenters. The van der Waals surface area contributed by atoms with Crippen LogP contribution in [0.3, 0.4) is 0 Å². The standard InChI is InChI=1S/5C5H9N/c1-4-2-6-3-5(1)4;2*1-4-2-5(1)6-3-4;2*1-2-6-5-3-4(1)5/h5*4-6H,1-3H2. The molecule has 12 aliphatic rings. The van der Waals surface area contributed by atoms with Gasteiger partial charge in [0.25, 0.3) is 0 Å². The molecule has 12 fully saturated rings. The maximum atomic E-state index is 3.39. The second-order valence-electron chi connectivity index (χ2n) is 12.0. The van der Waals surface area contributed by atoms with Crippen LogP contribution in [-0.2, 0) is 0 Å². The summed E-state index contributed by atoms with van der Waals surface area (Å²) in [5.41, 5.74) is 0. The van der Waals surface area contributed by atoms with Gasteiger partial charge in [0, 0.05) is 24.2 Å². The van der Waals surface area contributed by atoms with Gasteiger partial charge in [-0.05, 0) is 133 Å². The minimum absolute atomic E-state index is 0.940. The van der Waals surface area contributed by atoms with E-state index in [-0.39, 0.29) is 0 Å². The zero-order valence-electron chi connectivity index (χ0n) is 18.9. The first-order valence-electron chi connectivity index (χ1n) is 13.4. The lowest BCUT2D eigenvalue weighted by Gasteiger charge is -2.19. The van der Waals surface area contributed by atoms with E-state index in [9.17, 15) is 0 Å². The zero-order chi connectivity index (χ0) is 19.9. The summed E-state index contributed by atoms with van der Waals surface area (Å²) in [6.07, 6.45) is 13.3. The molecule has 5 saturated carbocycles. The van der Waals surface area contributed by atoms with Crippen LogP contribution in [0.15, 0.2) is 0 Å². The second-order valence-corrected chi connectivity index (χ2v) is 12.0. The molecule has 7 saturated heterocycles. The van der Waals surface area contributed by atoms with Gasteiger partial charge in [0.2, 0.25) is 0 Å². The van der Waals surface area contributed by atoms with Crippen LogP contribution in [0, 0.1) is 35.5 Å². The van der Waals surface area contributed by atoms with Crippen molar-refractivity contribution >= 4 is 0 Å². The molecule has 7 aliphatic heterocycles. The number of piperidine rings is 3. The summed E-state index contributed by atoms with van der Waals surface area (Å²) in [4.78, 5) is 0. The highest BCUT2D eigenvalue weighted by atomic mass is 15.0. The fraction of sp³-hybridized carbons (Fsp3) is 1.00. The van der Waals surface area contributed by atoms with Crippen LogP contribution in [0.5, 0.6) is 0 Å². The lowest BCUT2D eigenvalue weighted by atomic mass is 9.87. The van der Waals surface area contributed by atoms with E-state index in [2.05, 4.69) is 26.6 Å². The van der Waals surface area contributed by atoms with Crippen molar-refractivity contribution in [3.63, 3.8) is 0 Å². The van der Waals surface area contributed by atoms with Crippen LogP contribution < -0.4 is 26.6 Å². The highest BCUT2D eigenvalue weighted by Crippen LogP contribution is 2.40.